The Bertz CT molecular complexity index is 672. The van der Waals surface area contributed by atoms with E-state index < -0.39 is 5.97 Å². The van der Waals surface area contributed by atoms with Crippen LogP contribution in [0, 0.1) is 0 Å². The molecule has 2 rings (SSSR count). The highest BCUT2D eigenvalue weighted by molar-refractivity contribution is 5.87. The first kappa shape index (κ1) is 18.0. The third-order valence-electron chi connectivity index (χ3n) is 3.61. The monoisotopic (exact) mass is 329 g/mol. The number of carboxylic acid groups (broad SMARTS) is 1. The zero-order chi connectivity index (χ0) is 17.4. The van der Waals surface area contributed by atoms with Crippen molar-refractivity contribution in [1.29, 1.82) is 0 Å². The molecule has 0 saturated heterocycles. The van der Waals surface area contributed by atoms with Crippen molar-refractivity contribution in [3.63, 3.8) is 0 Å². The molecule has 0 aliphatic carbocycles. The molecule has 0 saturated carbocycles. The van der Waals surface area contributed by atoms with E-state index in [4.69, 9.17) is 9.84 Å². The molecule has 0 spiro atoms. The smallest absolute Gasteiger partial charge is 0.335 e. The largest absolute Gasteiger partial charge is 0.494 e. The second-order valence-corrected chi connectivity index (χ2v) is 5.52. The lowest BCUT2D eigenvalue weighted by Crippen LogP contribution is -2.26. The maximum Gasteiger partial charge on any atom is 0.335 e. The van der Waals surface area contributed by atoms with Gasteiger partial charge in [-0.1, -0.05) is 24.3 Å². The lowest BCUT2D eigenvalue weighted by Gasteiger charge is -2.22. The van der Waals surface area contributed by atoms with E-state index in [-0.39, 0.29) is 12.2 Å². The molecule has 0 aliphatic heterocycles. The van der Waals surface area contributed by atoms with Gasteiger partial charge in [0.15, 0.2) is 0 Å². The Morgan fingerprint density at radius 1 is 1.08 bits per heavy atom. The molecule has 0 fully saturated rings. The number of rotatable bonds is 9. The molecule has 0 atom stereocenters. The highest BCUT2D eigenvalue weighted by Crippen LogP contribution is 2.16. The number of aromatic carboxylic acids is 1. The molecule has 2 aromatic carbocycles. The van der Waals surface area contributed by atoms with Crippen molar-refractivity contribution in [2.24, 2.45) is 0 Å². The van der Waals surface area contributed by atoms with Crippen LogP contribution in [-0.4, -0.2) is 40.8 Å². The second-order valence-electron chi connectivity index (χ2n) is 5.52. The quantitative estimate of drug-likeness (QED) is 0.740. The van der Waals surface area contributed by atoms with Gasteiger partial charge in [0.1, 0.15) is 5.75 Å². The molecule has 0 radical (unpaired) electrons. The number of carbonyl (C=O) groups is 1. The number of benzene rings is 2. The molecule has 24 heavy (non-hydrogen) atoms. The average molecular weight is 329 g/mol. The zero-order valence-corrected chi connectivity index (χ0v) is 13.8. The van der Waals surface area contributed by atoms with Crippen LogP contribution >= 0.6 is 0 Å². The Hall–Kier alpha value is -2.37. The molecular formula is C19H23NO4. The van der Waals surface area contributed by atoms with E-state index in [1.807, 2.05) is 37.3 Å². The van der Waals surface area contributed by atoms with E-state index in [0.717, 1.165) is 16.9 Å². The molecule has 0 heterocycles. The molecule has 2 aromatic rings. The molecule has 0 aromatic heterocycles. The van der Waals surface area contributed by atoms with Crippen molar-refractivity contribution >= 4 is 5.97 Å². The summed E-state index contributed by atoms with van der Waals surface area (Å²) in [5.41, 5.74) is 2.27. The van der Waals surface area contributed by atoms with Crippen molar-refractivity contribution in [1.82, 2.24) is 4.90 Å². The fourth-order valence-electron chi connectivity index (χ4n) is 2.57. The number of aliphatic hydroxyl groups excluding tert-OH is 1. The molecule has 0 unspecified atom stereocenters. The molecule has 0 aliphatic rings. The molecular weight excluding hydrogens is 306 g/mol. The fourth-order valence-corrected chi connectivity index (χ4v) is 2.57. The normalized spacial score (nSPS) is 10.8. The summed E-state index contributed by atoms with van der Waals surface area (Å²) < 4.78 is 5.52. The lowest BCUT2D eigenvalue weighted by atomic mass is 10.1. The van der Waals surface area contributed by atoms with Crippen molar-refractivity contribution < 1.29 is 19.7 Å². The molecule has 2 N–H and O–H groups in total. The summed E-state index contributed by atoms with van der Waals surface area (Å²) in [6.45, 7) is 4.34. The van der Waals surface area contributed by atoms with Gasteiger partial charge < -0.3 is 14.9 Å². The van der Waals surface area contributed by atoms with Crippen LogP contribution in [0.5, 0.6) is 5.75 Å². The molecule has 5 nitrogen and oxygen atoms in total. The Balaban J connectivity index is 2.10. The third-order valence-corrected chi connectivity index (χ3v) is 3.61. The van der Waals surface area contributed by atoms with E-state index >= 15 is 0 Å². The Kier molecular flexibility index (Phi) is 6.78. The van der Waals surface area contributed by atoms with Gasteiger partial charge in [-0.3, -0.25) is 4.90 Å². The summed E-state index contributed by atoms with van der Waals surface area (Å²) in [7, 11) is 0. The minimum absolute atomic E-state index is 0.0454. The summed E-state index contributed by atoms with van der Waals surface area (Å²) >= 11 is 0. The van der Waals surface area contributed by atoms with Gasteiger partial charge in [-0.2, -0.15) is 0 Å². The van der Waals surface area contributed by atoms with Gasteiger partial charge in [0.2, 0.25) is 0 Å². The average Bonchev–Trinajstić information content (AvgIpc) is 2.56. The third kappa shape index (κ3) is 5.37. The maximum absolute atomic E-state index is 11.1. The first-order valence-electron chi connectivity index (χ1n) is 7.99. The molecule has 128 valence electrons. The summed E-state index contributed by atoms with van der Waals surface area (Å²) in [5, 5.41) is 18.4. The van der Waals surface area contributed by atoms with Gasteiger partial charge in [-0.05, 0) is 42.3 Å². The molecule has 5 heteroatoms. The first-order chi connectivity index (χ1) is 11.6. The van der Waals surface area contributed by atoms with Crippen LogP contribution in [-0.2, 0) is 13.1 Å². The van der Waals surface area contributed by atoms with Gasteiger partial charge in [0.25, 0.3) is 0 Å². The topological polar surface area (TPSA) is 70.0 Å². The predicted molar refractivity (Wildman–Crippen MR) is 92.2 cm³/mol. The second kappa shape index (κ2) is 9.05. The lowest BCUT2D eigenvalue weighted by molar-refractivity contribution is 0.0696. The highest BCUT2D eigenvalue weighted by atomic mass is 16.5. The zero-order valence-electron chi connectivity index (χ0n) is 13.8. The first-order valence-corrected chi connectivity index (χ1v) is 7.99. The van der Waals surface area contributed by atoms with Crippen molar-refractivity contribution in [2.45, 2.75) is 20.0 Å². The number of ether oxygens (including phenoxy) is 1. The number of carboxylic acids is 1. The highest BCUT2D eigenvalue weighted by Gasteiger charge is 2.09. The standard InChI is InChI=1S/C19H23NO4/c1-2-24-18-8-4-6-16(12-18)14-20(9-10-21)13-15-5-3-7-17(11-15)19(22)23/h3-8,11-12,21H,2,9-10,13-14H2,1H3,(H,22,23). The van der Waals surface area contributed by atoms with Gasteiger partial charge in [0.05, 0.1) is 18.8 Å². The van der Waals surface area contributed by atoms with Crippen molar-refractivity contribution in [3.05, 3.63) is 65.2 Å². The number of hydrogen-bond donors (Lipinski definition) is 2. The summed E-state index contributed by atoms with van der Waals surface area (Å²) in [6, 6.07) is 14.8. The maximum atomic E-state index is 11.1. The van der Waals surface area contributed by atoms with Gasteiger partial charge in [-0.15, -0.1) is 0 Å². The van der Waals surface area contributed by atoms with E-state index in [9.17, 15) is 9.90 Å². The molecule has 0 bridgehead atoms. The van der Waals surface area contributed by atoms with Crippen LogP contribution in [0.2, 0.25) is 0 Å². The van der Waals surface area contributed by atoms with Crippen LogP contribution in [0.1, 0.15) is 28.4 Å². The van der Waals surface area contributed by atoms with E-state index in [0.29, 0.717) is 26.2 Å². The van der Waals surface area contributed by atoms with Crippen LogP contribution in [0.3, 0.4) is 0 Å². The van der Waals surface area contributed by atoms with Crippen LogP contribution in [0.15, 0.2) is 48.5 Å². The van der Waals surface area contributed by atoms with Gasteiger partial charge in [0, 0.05) is 19.6 Å². The minimum Gasteiger partial charge on any atom is -0.494 e. The van der Waals surface area contributed by atoms with E-state index in [2.05, 4.69) is 4.90 Å². The summed E-state index contributed by atoms with van der Waals surface area (Å²) in [5.74, 6) is -0.109. The Morgan fingerprint density at radius 3 is 2.38 bits per heavy atom. The van der Waals surface area contributed by atoms with E-state index in [1.54, 1.807) is 18.2 Å². The van der Waals surface area contributed by atoms with E-state index in [1.165, 1.54) is 0 Å². The van der Waals surface area contributed by atoms with Crippen LogP contribution in [0.4, 0.5) is 0 Å². The summed E-state index contributed by atoms with van der Waals surface area (Å²) in [4.78, 5) is 13.2. The predicted octanol–water partition coefficient (Wildman–Crippen LogP) is 2.78. The van der Waals surface area contributed by atoms with Crippen LogP contribution < -0.4 is 4.74 Å². The van der Waals surface area contributed by atoms with Crippen LogP contribution in [0.25, 0.3) is 0 Å². The Labute approximate surface area is 142 Å². The number of aliphatic hydroxyl groups is 1. The minimum atomic E-state index is -0.935. The van der Waals surface area contributed by atoms with Crippen molar-refractivity contribution in [2.75, 3.05) is 19.8 Å². The van der Waals surface area contributed by atoms with Gasteiger partial charge in [-0.25, -0.2) is 4.79 Å². The molecule has 0 amide bonds. The number of nitrogens with zero attached hydrogens (tertiary/aromatic N) is 1. The SMILES string of the molecule is CCOc1cccc(CN(CCO)Cc2cccc(C(=O)O)c2)c1. The van der Waals surface area contributed by atoms with Crippen molar-refractivity contribution in [3.8, 4) is 5.75 Å². The number of hydrogen-bond acceptors (Lipinski definition) is 4. The Morgan fingerprint density at radius 2 is 1.75 bits per heavy atom. The van der Waals surface area contributed by atoms with Gasteiger partial charge >= 0.3 is 5.97 Å². The fraction of sp³-hybridized carbons (Fsp3) is 0.316. The summed E-state index contributed by atoms with van der Waals surface area (Å²) in [6.07, 6.45) is 0.